The molecule has 0 bridgehead atoms. The van der Waals surface area contributed by atoms with Gasteiger partial charge in [-0.2, -0.15) is 0 Å². The number of anilines is 1. The van der Waals surface area contributed by atoms with Crippen LogP contribution in [0.5, 0.6) is 0 Å². The molecule has 3 heterocycles. The number of hydrogen-bond acceptors (Lipinski definition) is 8. The maximum absolute atomic E-state index is 9.79. The van der Waals surface area contributed by atoms with Gasteiger partial charge in [0, 0.05) is 6.42 Å². The number of nitrogens with zero attached hydrogens (tertiary/aromatic N) is 4. The van der Waals surface area contributed by atoms with E-state index in [9.17, 15) is 5.11 Å². The van der Waals surface area contributed by atoms with Crippen LogP contribution in [-0.2, 0) is 10.6 Å². The summed E-state index contributed by atoms with van der Waals surface area (Å²) in [6.07, 6.45) is 1.26. The second-order valence-electron chi connectivity index (χ2n) is 4.50. The lowest BCUT2D eigenvalue weighted by Crippen LogP contribution is -2.43. The van der Waals surface area contributed by atoms with Gasteiger partial charge in [-0.1, -0.05) is 0 Å². The van der Waals surface area contributed by atoms with Gasteiger partial charge in [-0.15, -0.1) is 0 Å². The summed E-state index contributed by atoms with van der Waals surface area (Å²) >= 11 is 0. The van der Waals surface area contributed by atoms with E-state index < -0.39 is 18.1 Å². The van der Waals surface area contributed by atoms with Crippen molar-refractivity contribution < 1.29 is 14.9 Å². The third kappa shape index (κ3) is 1.75. The van der Waals surface area contributed by atoms with Crippen LogP contribution in [0.2, 0.25) is 0 Å². The summed E-state index contributed by atoms with van der Waals surface area (Å²) in [5, 5.41) is 18.9. The molecule has 3 atom stereocenters. The highest BCUT2D eigenvalue weighted by Crippen LogP contribution is 2.32. The monoisotopic (exact) mass is 266 g/mol. The van der Waals surface area contributed by atoms with Crippen LogP contribution >= 0.6 is 0 Å². The lowest BCUT2D eigenvalue weighted by molar-refractivity contribution is -0.111. The predicted molar refractivity (Wildman–Crippen MR) is 64.5 cm³/mol. The maximum Gasteiger partial charge on any atom is 0.204 e. The summed E-state index contributed by atoms with van der Waals surface area (Å²) in [5.41, 5.74) is 12.7. The number of imidazole rings is 1. The number of hydrogen-bond donors (Lipinski definition) is 4. The average Bonchev–Trinajstić information content (AvgIpc) is 2.92. The molecule has 6 N–H and O–H groups in total. The lowest BCUT2D eigenvalue weighted by Gasteiger charge is -2.25. The first-order chi connectivity index (χ1) is 9.05. The minimum absolute atomic E-state index is 0.119. The van der Waals surface area contributed by atoms with Crippen LogP contribution in [0.4, 0.5) is 5.82 Å². The maximum atomic E-state index is 9.79. The molecule has 2 aromatic heterocycles. The summed E-state index contributed by atoms with van der Waals surface area (Å²) in [4.78, 5) is 12.0. The summed E-state index contributed by atoms with van der Waals surface area (Å²) in [6, 6.07) is 0. The molecule has 102 valence electrons. The zero-order chi connectivity index (χ0) is 13.6. The SMILES string of the molecule is Nc1ncnc2c1ncn2[C@@]1(N)C[C@H](O)[C@@H](CO)O1. The topological polar surface area (TPSA) is 145 Å². The summed E-state index contributed by atoms with van der Waals surface area (Å²) in [5.74, 6) is -1.08. The van der Waals surface area contributed by atoms with E-state index in [4.69, 9.17) is 21.3 Å². The number of fused-ring (bicyclic) bond motifs is 1. The molecule has 9 nitrogen and oxygen atoms in total. The number of nitrogens with two attached hydrogens (primary N) is 2. The molecular formula is C10H14N6O3. The molecule has 1 saturated heterocycles. The van der Waals surface area contributed by atoms with Crippen LogP contribution in [0.3, 0.4) is 0 Å². The molecule has 1 aliphatic heterocycles. The molecule has 0 unspecified atom stereocenters. The van der Waals surface area contributed by atoms with Gasteiger partial charge in [0.1, 0.15) is 24.3 Å². The lowest BCUT2D eigenvalue weighted by atomic mass is 10.1. The number of aromatic nitrogens is 4. The van der Waals surface area contributed by atoms with Gasteiger partial charge in [0.2, 0.25) is 5.85 Å². The number of nitrogen functional groups attached to an aromatic ring is 1. The minimum atomic E-state index is -1.32. The van der Waals surface area contributed by atoms with Gasteiger partial charge in [-0.05, 0) is 0 Å². The molecular weight excluding hydrogens is 252 g/mol. The Morgan fingerprint density at radius 1 is 1.47 bits per heavy atom. The number of rotatable bonds is 2. The minimum Gasteiger partial charge on any atom is -0.394 e. The Bertz CT molecular complexity index is 616. The highest BCUT2D eigenvalue weighted by molar-refractivity contribution is 5.81. The fourth-order valence-electron chi connectivity index (χ4n) is 2.26. The van der Waals surface area contributed by atoms with E-state index in [0.717, 1.165) is 0 Å². The van der Waals surface area contributed by atoms with Gasteiger partial charge in [-0.3, -0.25) is 10.3 Å². The van der Waals surface area contributed by atoms with Crippen molar-refractivity contribution in [3.05, 3.63) is 12.7 Å². The van der Waals surface area contributed by atoms with Crippen LogP contribution in [0.1, 0.15) is 6.42 Å². The molecule has 0 radical (unpaired) electrons. The molecule has 19 heavy (non-hydrogen) atoms. The summed E-state index contributed by atoms with van der Waals surface area (Å²) < 4.78 is 6.99. The number of aliphatic hydroxyl groups is 2. The zero-order valence-electron chi connectivity index (χ0n) is 9.97. The second-order valence-corrected chi connectivity index (χ2v) is 4.50. The third-order valence-electron chi connectivity index (χ3n) is 3.24. The standard InChI is InChI=1S/C10H14N6O3/c11-8-7-9(14-3-13-8)16(4-15-7)10(12)1-5(18)6(2-17)19-10/h3-6,17-18H,1-2,12H2,(H2,11,13,14)/t5-,6+,10-/m0/s1. The van der Waals surface area contributed by atoms with E-state index in [0.29, 0.717) is 11.2 Å². The van der Waals surface area contributed by atoms with Gasteiger partial charge in [0.15, 0.2) is 11.5 Å². The highest BCUT2D eigenvalue weighted by Gasteiger charge is 2.45. The van der Waals surface area contributed by atoms with Crippen molar-refractivity contribution in [1.29, 1.82) is 0 Å². The molecule has 2 aromatic rings. The van der Waals surface area contributed by atoms with E-state index in [-0.39, 0.29) is 18.8 Å². The highest BCUT2D eigenvalue weighted by atomic mass is 16.6. The first-order valence-corrected chi connectivity index (χ1v) is 5.75. The molecule has 3 rings (SSSR count). The van der Waals surface area contributed by atoms with Gasteiger partial charge in [0.25, 0.3) is 0 Å². The molecule has 1 fully saturated rings. The van der Waals surface area contributed by atoms with Crippen molar-refractivity contribution >= 4 is 17.0 Å². The predicted octanol–water partition coefficient (Wildman–Crippen LogP) is -1.88. The Kier molecular flexibility index (Phi) is 2.64. The Morgan fingerprint density at radius 3 is 2.95 bits per heavy atom. The van der Waals surface area contributed by atoms with Gasteiger partial charge in [0.05, 0.1) is 12.7 Å². The first-order valence-electron chi connectivity index (χ1n) is 5.75. The molecule has 9 heteroatoms. The summed E-state index contributed by atoms with van der Waals surface area (Å²) in [6.45, 7) is -0.316. The van der Waals surface area contributed by atoms with Crippen molar-refractivity contribution in [2.45, 2.75) is 24.5 Å². The Balaban J connectivity index is 2.08. The van der Waals surface area contributed by atoms with E-state index in [1.54, 1.807) is 0 Å². The molecule has 0 aromatic carbocycles. The summed E-state index contributed by atoms with van der Waals surface area (Å²) in [7, 11) is 0. The molecule has 0 amide bonds. The molecule has 1 aliphatic rings. The molecule has 0 saturated carbocycles. The smallest absolute Gasteiger partial charge is 0.204 e. The van der Waals surface area contributed by atoms with Crippen LogP contribution in [0, 0.1) is 0 Å². The fraction of sp³-hybridized carbons (Fsp3) is 0.500. The Morgan fingerprint density at radius 2 is 2.26 bits per heavy atom. The van der Waals surface area contributed by atoms with Crippen molar-refractivity contribution in [2.24, 2.45) is 5.73 Å². The van der Waals surface area contributed by atoms with E-state index in [1.165, 1.54) is 17.2 Å². The van der Waals surface area contributed by atoms with Crippen LogP contribution < -0.4 is 11.5 Å². The van der Waals surface area contributed by atoms with Crippen molar-refractivity contribution in [1.82, 2.24) is 19.5 Å². The third-order valence-corrected chi connectivity index (χ3v) is 3.24. The van der Waals surface area contributed by atoms with Gasteiger partial charge in [-0.25, -0.2) is 15.0 Å². The van der Waals surface area contributed by atoms with Gasteiger partial charge >= 0.3 is 0 Å². The van der Waals surface area contributed by atoms with E-state index in [2.05, 4.69) is 15.0 Å². The quantitative estimate of drug-likeness (QED) is 0.494. The largest absolute Gasteiger partial charge is 0.394 e. The number of aliphatic hydroxyl groups excluding tert-OH is 2. The normalized spacial score (nSPS) is 31.1. The van der Waals surface area contributed by atoms with Crippen LogP contribution in [0.25, 0.3) is 11.2 Å². The average molecular weight is 266 g/mol. The molecule has 0 spiro atoms. The first kappa shape index (κ1) is 12.2. The van der Waals surface area contributed by atoms with Gasteiger partial charge < -0.3 is 20.7 Å². The van der Waals surface area contributed by atoms with Crippen molar-refractivity contribution in [2.75, 3.05) is 12.3 Å². The van der Waals surface area contributed by atoms with Crippen LogP contribution in [0.15, 0.2) is 12.7 Å². The Hall–Kier alpha value is -1.81. The Labute approximate surface area is 107 Å². The zero-order valence-corrected chi connectivity index (χ0v) is 9.97. The number of ether oxygens (including phenoxy) is 1. The van der Waals surface area contributed by atoms with Crippen LogP contribution in [-0.4, -0.2) is 48.5 Å². The fourth-order valence-corrected chi connectivity index (χ4v) is 2.26. The van der Waals surface area contributed by atoms with E-state index >= 15 is 0 Å². The van der Waals surface area contributed by atoms with Crippen molar-refractivity contribution in [3.63, 3.8) is 0 Å². The molecule has 0 aliphatic carbocycles. The van der Waals surface area contributed by atoms with E-state index in [1.807, 2.05) is 0 Å². The van der Waals surface area contributed by atoms with Crippen molar-refractivity contribution in [3.8, 4) is 0 Å². The second kappa shape index (κ2) is 4.10.